The summed E-state index contributed by atoms with van der Waals surface area (Å²) in [7, 11) is -2.27. The molecule has 0 unspecified atom stereocenters. The van der Waals surface area contributed by atoms with Crippen molar-refractivity contribution < 1.29 is 40.7 Å². The number of nitrogens with zero attached hydrogens (tertiary/aromatic N) is 4. The summed E-state index contributed by atoms with van der Waals surface area (Å²) in [5.41, 5.74) is -0.459. The van der Waals surface area contributed by atoms with Crippen LogP contribution in [-0.4, -0.2) is 78.5 Å². The Balaban J connectivity index is 1.31. The van der Waals surface area contributed by atoms with Crippen LogP contribution < -0.4 is 15.4 Å². The van der Waals surface area contributed by atoms with Gasteiger partial charge in [0, 0.05) is 18.7 Å². The standard InChI is InChI=1S/C30H28ClF3N6O6S2/c1-45-25-5-3-2-4-24(25)40-26(17-35-28(42)19-6-9-21(10-7-19)48(43,44)39-12-14-46-15-13-39)37-38-29(40)47-18-27(41)36-23-16-20(30(32,33)34)8-11-22(23)31/h2-11,16H,12-15,17-18H2,1H3,(H,35,42)(H,36,41). The zero-order valence-corrected chi connectivity index (χ0v) is 27.5. The zero-order valence-electron chi connectivity index (χ0n) is 25.2. The van der Waals surface area contributed by atoms with Gasteiger partial charge in [-0.3, -0.25) is 14.2 Å². The second-order valence-corrected chi connectivity index (χ2v) is 13.4. The number of thioether (sulfide) groups is 1. The van der Waals surface area contributed by atoms with Gasteiger partial charge in [-0.25, -0.2) is 8.42 Å². The number of nitrogens with one attached hydrogen (secondary N) is 2. The quantitative estimate of drug-likeness (QED) is 0.212. The van der Waals surface area contributed by atoms with E-state index in [1.807, 2.05) is 0 Å². The highest BCUT2D eigenvalue weighted by atomic mass is 35.5. The predicted octanol–water partition coefficient (Wildman–Crippen LogP) is 4.63. The number of benzene rings is 3. The number of rotatable bonds is 11. The molecule has 254 valence electrons. The van der Waals surface area contributed by atoms with Gasteiger partial charge in [-0.2, -0.15) is 17.5 Å². The van der Waals surface area contributed by atoms with E-state index in [1.165, 1.54) is 35.7 Å². The average molecular weight is 725 g/mol. The molecule has 0 spiro atoms. The molecular weight excluding hydrogens is 697 g/mol. The number of hydrogen-bond acceptors (Lipinski definition) is 9. The summed E-state index contributed by atoms with van der Waals surface area (Å²) in [6.07, 6.45) is -4.62. The third-order valence-corrected chi connectivity index (χ3v) is 10.2. The van der Waals surface area contributed by atoms with E-state index in [-0.39, 0.29) is 57.5 Å². The van der Waals surface area contributed by atoms with E-state index < -0.39 is 33.6 Å². The van der Waals surface area contributed by atoms with Crippen molar-refractivity contribution in [2.45, 2.75) is 22.8 Å². The van der Waals surface area contributed by atoms with Gasteiger partial charge in [0.25, 0.3) is 5.91 Å². The molecule has 0 radical (unpaired) electrons. The van der Waals surface area contributed by atoms with Gasteiger partial charge in [0.1, 0.15) is 5.75 Å². The van der Waals surface area contributed by atoms with Crippen molar-refractivity contribution in [2.24, 2.45) is 0 Å². The number of morpholine rings is 1. The van der Waals surface area contributed by atoms with Crippen molar-refractivity contribution in [3.8, 4) is 11.4 Å². The first-order valence-corrected chi connectivity index (χ1v) is 17.0. The fourth-order valence-corrected chi connectivity index (χ4v) is 6.99. The molecular formula is C30H28ClF3N6O6S2. The SMILES string of the molecule is COc1ccccc1-n1c(CNC(=O)c2ccc(S(=O)(=O)N3CCOCC3)cc2)nnc1SCC(=O)Nc1cc(C(F)(F)F)ccc1Cl. The number of sulfonamides is 1. The van der Waals surface area contributed by atoms with E-state index in [9.17, 15) is 31.2 Å². The van der Waals surface area contributed by atoms with Crippen molar-refractivity contribution in [1.29, 1.82) is 0 Å². The van der Waals surface area contributed by atoms with E-state index in [4.69, 9.17) is 21.1 Å². The van der Waals surface area contributed by atoms with Crippen LogP contribution >= 0.6 is 23.4 Å². The normalized spacial score (nSPS) is 14.0. The lowest BCUT2D eigenvalue weighted by Crippen LogP contribution is -2.40. The van der Waals surface area contributed by atoms with E-state index in [0.717, 1.165) is 30.0 Å². The highest BCUT2D eigenvalue weighted by Gasteiger charge is 2.31. The minimum Gasteiger partial charge on any atom is -0.495 e. The summed E-state index contributed by atoms with van der Waals surface area (Å²) in [5, 5.41) is 13.7. The van der Waals surface area contributed by atoms with Crippen LogP contribution in [-0.2, 0) is 32.3 Å². The van der Waals surface area contributed by atoms with Crippen LogP contribution in [0.2, 0.25) is 5.02 Å². The fourth-order valence-electron chi connectivity index (χ4n) is 4.65. The van der Waals surface area contributed by atoms with Gasteiger partial charge in [0.05, 0.1) is 59.5 Å². The van der Waals surface area contributed by atoms with E-state index in [0.29, 0.717) is 24.7 Å². The molecule has 1 saturated heterocycles. The number of carbonyl (C=O) groups is 2. The van der Waals surface area contributed by atoms with Crippen molar-refractivity contribution in [1.82, 2.24) is 24.4 Å². The lowest BCUT2D eigenvalue weighted by Gasteiger charge is -2.26. The number of para-hydroxylation sites is 2. The Bertz CT molecular complexity index is 1900. The lowest BCUT2D eigenvalue weighted by atomic mass is 10.2. The van der Waals surface area contributed by atoms with Crippen molar-refractivity contribution in [3.63, 3.8) is 0 Å². The first-order valence-electron chi connectivity index (χ1n) is 14.2. The van der Waals surface area contributed by atoms with Gasteiger partial charge < -0.3 is 20.1 Å². The molecule has 0 aliphatic carbocycles. The maximum atomic E-state index is 13.2. The van der Waals surface area contributed by atoms with Crippen molar-refractivity contribution in [3.05, 3.63) is 88.7 Å². The van der Waals surface area contributed by atoms with Crippen LogP contribution in [0.5, 0.6) is 5.75 Å². The van der Waals surface area contributed by atoms with Crippen LogP contribution in [0.3, 0.4) is 0 Å². The molecule has 0 saturated carbocycles. The number of halogens is 4. The molecule has 3 aromatic carbocycles. The van der Waals surface area contributed by atoms with Crippen LogP contribution in [0, 0.1) is 0 Å². The molecule has 0 atom stereocenters. The summed E-state index contributed by atoms with van der Waals surface area (Å²) < 4.78 is 79.0. The Morgan fingerprint density at radius 3 is 2.44 bits per heavy atom. The van der Waals surface area contributed by atoms with Crippen LogP contribution in [0.1, 0.15) is 21.7 Å². The van der Waals surface area contributed by atoms with E-state index in [1.54, 1.807) is 28.8 Å². The molecule has 2 heterocycles. The van der Waals surface area contributed by atoms with Crippen molar-refractivity contribution >= 4 is 50.9 Å². The number of hydrogen-bond donors (Lipinski definition) is 2. The molecule has 0 bridgehead atoms. The Hall–Kier alpha value is -4.16. The largest absolute Gasteiger partial charge is 0.495 e. The van der Waals surface area contributed by atoms with Gasteiger partial charge in [0.2, 0.25) is 15.9 Å². The minimum atomic E-state index is -4.62. The molecule has 1 aromatic heterocycles. The second-order valence-electron chi connectivity index (χ2n) is 10.2. The first kappa shape index (κ1) is 35.2. The Morgan fingerprint density at radius 2 is 1.75 bits per heavy atom. The monoisotopic (exact) mass is 724 g/mol. The van der Waals surface area contributed by atoms with Gasteiger partial charge in [-0.15, -0.1) is 10.2 Å². The molecule has 2 N–H and O–H groups in total. The third-order valence-electron chi connectivity index (χ3n) is 7.06. The summed E-state index contributed by atoms with van der Waals surface area (Å²) in [6, 6.07) is 15.1. The number of amides is 2. The smallest absolute Gasteiger partial charge is 0.416 e. The summed E-state index contributed by atoms with van der Waals surface area (Å²) in [5.74, 6) is -0.727. The van der Waals surface area contributed by atoms with E-state index in [2.05, 4.69) is 20.8 Å². The fraction of sp³-hybridized carbons (Fsp3) is 0.267. The maximum absolute atomic E-state index is 13.2. The third kappa shape index (κ3) is 8.10. The Labute approximate surface area is 282 Å². The average Bonchev–Trinajstić information content (AvgIpc) is 3.49. The molecule has 48 heavy (non-hydrogen) atoms. The molecule has 18 heteroatoms. The Morgan fingerprint density at radius 1 is 1.04 bits per heavy atom. The minimum absolute atomic E-state index is 0.0536. The molecule has 5 rings (SSSR count). The molecule has 4 aromatic rings. The number of anilines is 1. The number of alkyl halides is 3. The van der Waals surface area contributed by atoms with Crippen LogP contribution in [0.25, 0.3) is 5.69 Å². The van der Waals surface area contributed by atoms with Crippen LogP contribution in [0.15, 0.2) is 76.8 Å². The number of ether oxygens (including phenoxy) is 2. The second kappa shape index (κ2) is 14.9. The number of aromatic nitrogens is 3. The lowest BCUT2D eigenvalue weighted by molar-refractivity contribution is -0.137. The first-order chi connectivity index (χ1) is 22.9. The summed E-state index contributed by atoms with van der Waals surface area (Å²) in [6.45, 7) is 0.978. The Kier molecular flexibility index (Phi) is 10.9. The zero-order chi connectivity index (χ0) is 34.5. The molecule has 1 fully saturated rings. The predicted molar refractivity (Wildman–Crippen MR) is 171 cm³/mol. The van der Waals surface area contributed by atoms with Gasteiger partial charge in [-0.1, -0.05) is 35.5 Å². The maximum Gasteiger partial charge on any atom is 0.416 e. The van der Waals surface area contributed by atoms with Crippen LogP contribution in [0.4, 0.5) is 18.9 Å². The summed E-state index contributed by atoms with van der Waals surface area (Å²) >= 11 is 6.96. The summed E-state index contributed by atoms with van der Waals surface area (Å²) in [4.78, 5) is 25.9. The van der Waals surface area contributed by atoms with Crippen molar-refractivity contribution in [2.75, 3.05) is 44.5 Å². The van der Waals surface area contributed by atoms with Gasteiger partial charge >= 0.3 is 6.18 Å². The molecule has 1 aliphatic heterocycles. The number of carbonyl (C=O) groups excluding carboxylic acids is 2. The van der Waals surface area contributed by atoms with E-state index >= 15 is 0 Å². The topological polar surface area (TPSA) is 145 Å². The van der Waals surface area contributed by atoms with Gasteiger partial charge in [-0.05, 0) is 54.6 Å². The highest BCUT2D eigenvalue weighted by molar-refractivity contribution is 7.99. The van der Waals surface area contributed by atoms with Gasteiger partial charge in [0.15, 0.2) is 11.0 Å². The molecule has 2 amide bonds. The molecule has 12 nitrogen and oxygen atoms in total. The molecule has 1 aliphatic rings. The highest BCUT2D eigenvalue weighted by Crippen LogP contribution is 2.34. The number of methoxy groups -OCH3 is 1.